The van der Waals surface area contributed by atoms with E-state index in [0.29, 0.717) is 19.1 Å². The van der Waals surface area contributed by atoms with Crippen molar-refractivity contribution in [2.24, 2.45) is 11.8 Å². The van der Waals surface area contributed by atoms with Crippen LogP contribution in [-0.2, 0) is 9.53 Å². The summed E-state index contributed by atoms with van der Waals surface area (Å²) in [6, 6.07) is 7.34. The Kier molecular flexibility index (Phi) is 4.32. The van der Waals surface area contributed by atoms with Crippen molar-refractivity contribution in [3.05, 3.63) is 24.3 Å². The van der Waals surface area contributed by atoms with Crippen molar-refractivity contribution in [1.82, 2.24) is 0 Å². The molecule has 3 rings (SSSR count). The average Bonchev–Trinajstić information content (AvgIpc) is 3.19. The molecule has 0 radical (unpaired) electrons. The topological polar surface area (TPSA) is 58.6 Å². The molecule has 2 fully saturated rings. The molecule has 1 aromatic rings. The summed E-state index contributed by atoms with van der Waals surface area (Å²) in [4.78, 5) is 25.4. The van der Waals surface area contributed by atoms with Crippen LogP contribution in [0.5, 0.6) is 0 Å². The molecule has 22 heavy (non-hydrogen) atoms. The lowest BCUT2D eigenvalue weighted by molar-refractivity contribution is -0.120. The highest BCUT2D eigenvalue weighted by molar-refractivity contribution is 5.93. The molecule has 1 saturated carbocycles. The zero-order valence-electron chi connectivity index (χ0n) is 12.9. The van der Waals surface area contributed by atoms with Crippen molar-refractivity contribution >= 4 is 23.4 Å². The summed E-state index contributed by atoms with van der Waals surface area (Å²) in [5.41, 5.74) is 1.57. The molecule has 1 unspecified atom stereocenters. The second-order valence-electron chi connectivity index (χ2n) is 6.14. The number of amides is 2. The van der Waals surface area contributed by atoms with Crippen LogP contribution in [0.4, 0.5) is 16.2 Å². The third kappa shape index (κ3) is 3.08. The Morgan fingerprint density at radius 1 is 1.27 bits per heavy atom. The molecule has 0 aromatic heterocycles. The summed E-state index contributed by atoms with van der Waals surface area (Å²) in [5, 5.41) is 2.97. The van der Waals surface area contributed by atoms with E-state index >= 15 is 0 Å². The van der Waals surface area contributed by atoms with Gasteiger partial charge in [0.25, 0.3) is 0 Å². The summed E-state index contributed by atoms with van der Waals surface area (Å²) in [7, 11) is 0. The highest BCUT2D eigenvalue weighted by atomic mass is 16.6. The first kappa shape index (κ1) is 14.9. The van der Waals surface area contributed by atoms with Crippen molar-refractivity contribution in [1.29, 1.82) is 0 Å². The number of hydrogen-bond acceptors (Lipinski definition) is 3. The minimum atomic E-state index is -0.313. The monoisotopic (exact) mass is 302 g/mol. The quantitative estimate of drug-likeness (QED) is 0.927. The molecule has 1 aromatic carbocycles. The highest BCUT2D eigenvalue weighted by Crippen LogP contribution is 2.32. The summed E-state index contributed by atoms with van der Waals surface area (Å²) in [6.07, 6.45) is 4.48. The van der Waals surface area contributed by atoms with Gasteiger partial charge < -0.3 is 10.1 Å². The smallest absolute Gasteiger partial charge is 0.414 e. The Balaban J connectivity index is 1.60. The molecule has 5 heteroatoms. The predicted molar refractivity (Wildman–Crippen MR) is 84.9 cm³/mol. The fourth-order valence-corrected chi connectivity index (χ4v) is 3.28. The molecule has 1 atom stereocenters. The molecule has 2 aliphatic rings. The number of anilines is 2. The normalized spacial score (nSPS) is 20.0. The molecule has 5 nitrogen and oxygen atoms in total. The Morgan fingerprint density at radius 2 is 1.95 bits per heavy atom. The summed E-state index contributed by atoms with van der Waals surface area (Å²) >= 11 is 0. The van der Waals surface area contributed by atoms with Crippen LogP contribution in [-0.4, -0.2) is 25.2 Å². The van der Waals surface area contributed by atoms with Crippen LogP contribution in [0.1, 0.15) is 32.6 Å². The van der Waals surface area contributed by atoms with Crippen molar-refractivity contribution < 1.29 is 14.3 Å². The number of benzene rings is 1. The van der Waals surface area contributed by atoms with Gasteiger partial charge in [-0.25, -0.2) is 4.79 Å². The first-order valence-corrected chi connectivity index (χ1v) is 8.00. The third-order valence-electron chi connectivity index (χ3n) is 4.73. The summed E-state index contributed by atoms with van der Waals surface area (Å²) < 4.78 is 4.92. The zero-order valence-corrected chi connectivity index (χ0v) is 12.9. The van der Waals surface area contributed by atoms with E-state index in [1.54, 1.807) is 4.90 Å². The van der Waals surface area contributed by atoms with E-state index in [4.69, 9.17) is 4.74 Å². The van der Waals surface area contributed by atoms with Gasteiger partial charge in [0, 0.05) is 17.3 Å². The predicted octanol–water partition coefficient (Wildman–Crippen LogP) is 3.41. The van der Waals surface area contributed by atoms with Gasteiger partial charge in [-0.3, -0.25) is 9.69 Å². The number of carbonyl (C=O) groups excluding carboxylic acids is 2. The van der Waals surface area contributed by atoms with E-state index in [2.05, 4.69) is 5.32 Å². The Hall–Kier alpha value is -2.04. The third-order valence-corrected chi connectivity index (χ3v) is 4.73. The Morgan fingerprint density at radius 3 is 2.55 bits per heavy atom. The molecule has 118 valence electrons. The van der Waals surface area contributed by atoms with Gasteiger partial charge in [-0.2, -0.15) is 0 Å². The maximum Gasteiger partial charge on any atom is 0.414 e. The van der Waals surface area contributed by atoms with Crippen LogP contribution in [0.25, 0.3) is 0 Å². The van der Waals surface area contributed by atoms with Gasteiger partial charge in [0.05, 0.1) is 6.54 Å². The van der Waals surface area contributed by atoms with Crippen molar-refractivity contribution in [3.8, 4) is 0 Å². The van der Waals surface area contributed by atoms with Crippen molar-refractivity contribution in [3.63, 3.8) is 0 Å². The van der Waals surface area contributed by atoms with Crippen LogP contribution in [0.3, 0.4) is 0 Å². The fraction of sp³-hybridized carbons (Fsp3) is 0.529. The number of nitrogens with one attached hydrogen (secondary N) is 1. The number of hydrogen-bond donors (Lipinski definition) is 1. The highest BCUT2D eigenvalue weighted by Gasteiger charge is 2.27. The molecule has 1 aliphatic heterocycles. The van der Waals surface area contributed by atoms with Gasteiger partial charge in [0.15, 0.2) is 0 Å². The number of ether oxygens (including phenoxy) is 1. The largest absolute Gasteiger partial charge is 0.447 e. The Labute approximate surface area is 130 Å². The molecular formula is C17H22N2O3. The van der Waals surface area contributed by atoms with Gasteiger partial charge in [-0.15, -0.1) is 0 Å². The minimum absolute atomic E-state index is 0.0516. The molecule has 2 amide bonds. The van der Waals surface area contributed by atoms with Gasteiger partial charge in [0.2, 0.25) is 5.91 Å². The average molecular weight is 302 g/mol. The zero-order chi connectivity index (χ0) is 15.5. The number of rotatable bonds is 4. The second kappa shape index (κ2) is 6.38. The summed E-state index contributed by atoms with van der Waals surface area (Å²) in [5.74, 6) is 0.648. The first-order valence-electron chi connectivity index (χ1n) is 8.00. The van der Waals surface area contributed by atoms with Gasteiger partial charge >= 0.3 is 6.09 Å². The van der Waals surface area contributed by atoms with E-state index in [-0.39, 0.29) is 17.9 Å². The van der Waals surface area contributed by atoms with Crippen LogP contribution < -0.4 is 10.2 Å². The Bertz CT molecular complexity index is 550. The first-order chi connectivity index (χ1) is 10.6. The maximum absolute atomic E-state index is 12.3. The van der Waals surface area contributed by atoms with Gasteiger partial charge in [0.1, 0.15) is 6.61 Å². The van der Waals surface area contributed by atoms with Crippen LogP contribution in [0.15, 0.2) is 24.3 Å². The van der Waals surface area contributed by atoms with Crippen LogP contribution in [0.2, 0.25) is 0 Å². The molecule has 1 saturated heterocycles. The number of carbonyl (C=O) groups is 2. The van der Waals surface area contributed by atoms with Crippen LogP contribution >= 0.6 is 0 Å². The summed E-state index contributed by atoms with van der Waals surface area (Å²) in [6.45, 7) is 3.01. The van der Waals surface area contributed by atoms with Crippen LogP contribution in [0, 0.1) is 11.8 Å². The van der Waals surface area contributed by atoms with E-state index in [1.807, 2.05) is 31.2 Å². The lowest BCUT2D eigenvalue weighted by atomic mass is 9.92. The van der Waals surface area contributed by atoms with E-state index in [9.17, 15) is 9.59 Å². The lowest BCUT2D eigenvalue weighted by Gasteiger charge is -2.18. The van der Waals surface area contributed by atoms with Gasteiger partial charge in [-0.05, 0) is 43.0 Å². The molecule has 1 N–H and O–H groups in total. The minimum Gasteiger partial charge on any atom is -0.447 e. The van der Waals surface area contributed by atoms with Crippen molar-refractivity contribution in [2.75, 3.05) is 23.4 Å². The van der Waals surface area contributed by atoms with E-state index in [0.717, 1.165) is 24.2 Å². The molecular weight excluding hydrogens is 280 g/mol. The van der Waals surface area contributed by atoms with E-state index in [1.165, 1.54) is 12.8 Å². The lowest BCUT2D eigenvalue weighted by Crippen LogP contribution is -2.26. The molecule has 1 aliphatic carbocycles. The molecule has 0 spiro atoms. The van der Waals surface area contributed by atoms with Gasteiger partial charge in [-0.1, -0.05) is 19.8 Å². The van der Waals surface area contributed by atoms with E-state index < -0.39 is 0 Å². The number of cyclic esters (lactones) is 1. The molecule has 1 heterocycles. The second-order valence-corrected chi connectivity index (χ2v) is 6.14. The number of nitrogens with zero attached hydrogens (tertiary/aromatic N) is 1. The molecule has 0 bridgehead atoms. The fourth-order valence-electron chi connectivity index (χ4n) is 3.28. The standard InChI is InChI=1S/C17H22N2O3/c1-12(13-4-2-3-5-13)16(20)18-14-6-8-15(9-7-14)19-10-11-22-17(19)21/h6-9,12-13H,2-5,10-11H2,1H3,(H,18,20). The SMILES string of the molecule is CC(C(=O)Nc1ccc(N2CCOC2=O)cc1)C1CCCC1. The maximum atomic E-state index is 12.3. The van der Waals surface area contributed by atoms with Crippen molar-refractivity contribution in [2.45, 2.75) is 32.6 Å².